The van der Waals surface area contributed by atoms with Gasteiger partial charge in [0.15, 0.2) is 0 Å². The molecule has 0 saturated carbocycles. The van der Waals surface area contributed by atoms with Crippen LogP contribution in [0.1, 0.15) is 11.3 Å². The number of benzene rings is 1. The van der Waals surface area contributed by atoms with Gasteiger partial charge in [-0.1, -0.05) is 6.07 Å². The van der Waals surface area contributed by atoms with Crippen LogP contribution in [0.15, 0.2) is 41.0 Å². The van der Waals surface area contributed by atoms with E-state index in [1.165, 1.54) is 12.1 Å². The molecule has 0 saturated heterocycles. The maximum absolute atomic E-state index is 12.9. The molecule has 2 aromatic rings. The second-order valence-electron chi connectivity index (χ2n) is 3.73. The van der Waals surface area contributed by atoms with Crippen LogP contribution in [-0.2, 0) is 13.2 Å². The molecule has 5 heteroatoms. The highest BCUT2D eigenvalue weighted by molar-refractivity contribution is 9.10. The summed E-state index contributed by atoms with van der Waals surface area (Å²) in [4.78, 5) is 4.22. The molecule has 0 amide bonds. The van der Waals surface area contributed by atoms with Crippen molar-refractivity contribution in [2.45, 2.75) is 13.2 Å². The van der Waals surface area contributed by atoms with Crippen molar-refractivity contribution in [1.82, 2.24) is 4.98 Å². The van der Waals surface area contributed by atoms with E-state index in [9.17, 15) is 4.39 Å². The van der Waals surface area contributed by atoms with E-state index in [-0.39, 0.29) is 5.82 Å². The average Bonchev–Trinajstić information content (AvgIpc) is 2.38. The third kappa shape index (κ3) is 3.27. The van der Waals surface area contributed by atoms with Crippen molar-refractivity contribution in [3.8, 4) is 5.75 Å². The van der Waals surface area contributed by atoms with E-state index >= 15 is 0 Å². The molecule has 1 aromatic carbocycles. The summed E-state index contributed by atoms with van der Waals surface area (Å²) in [5.41, 5.74) is 7.25. The molecule has 0 aliphatic carbocycles. The second kappa shape index (κ2) is 5.93. The van der Waals surface area contributed by atoms with Gasteiger partial charge in [-0.15, -0.1) is 0 Å². The first-order chi connectivity index (χ1) is 8.69. The first-order valence-electron chi connectivity index (χ1n) is 5.41. The lowest BCUT2D eigenvalue weighted by Crippen LogP contribution is -2.01. The van der Waals surface area contributed by atoms with Crippen molar-refractivity contribution in [1.29, 1.82) is 0 Å². The number of halogens is 2. The number of pyridine rings is 1. The topological polar surface area (TPSA) is 48.1 Å². The number of hydrogen-bond acceptors (Lipinski definition) is 3. The van der Waals surface area contributed by atoms with Crippen molar-refractivity contribution < 1.29 is 9.13 Å². The molecule has 1 heterocycles. The van der Waals surface area contributed by atoms with Crippen LogP contribution in [0.25, 0.3) is 0 Å². The zero-order chi connectivity index (χ0) is 13.0. The molecule has 18 heavy (non-hydrogen) atoms. The first-order valence-corrected chi connectivity index (χ1v) is 6.20. The van der Waals surface area contributed by atoms with Crippen LogP contribution in [-0.4, -0.2) is 4.98 Å². The van der Waals surface area contributed by atoms with Gasteiger partial charge >= 0.3 is 0 Å². The highest BCUT2D eigenvalue weighted by Crippen LogP contribution is 2.26. The van der Waals surface area contributed by atoms with E-state index in [1.807, 2.05) is 12.1 Å². The van der Waals surface area contributed by atoms with Crippen LogP contribution in [0.2, 0.25) is 0 Å². The van der Waals surface area contributed by atoms with Gasteiger partial charge in [-0.2, -0.15) is 0 Å². The Morgan fingerprint density at radius 2 is 2.11 bits per heavy atom. The largest absolute Gasteiger partial charge is 0.486 e. The van der Waals surface area contributed by atoms with Gasteiger partial charge in [-0.3, -0.25) is 4.98 Å². The van der Waals surface area contributed by atoms with Crippen LogP contribution < -0.4 is 10.5 Å². The normalized spacial score (nSPS) is 10.4. The Bertz CT molecular complexity index is 531. The maximum Gasteiger partial charge on any atom is 0.134 e. The van der Waals surface area contributed by atoms with Crippen molar-refractivity contribution in [3.63, 3.8) is 0 Å². The Hall–Kier alpha value is -1.46. The third-order valence-corrected chi connectivity index (χ3v) is 3.01. The van der Waals surface area contributed by atoms with Gasteiger partial charge in [0.05, 0.1) is 10.2 Å². The Morgan fingerprint density at radius 3 is 2.72 bits per heavy atom. The Balaban J connectivity index is 2.02. The molecule has 3 nitrogen and oxygen atoms in total. The zero-order valence-corrected chi connectivity index (χ0v) is 11.2. The SMILES string of the molecule is NCc1ccc(COc2ccc(F)cc2Br)nc1. The van der Waals surface area contributed by atoms with Crippen molar-refractivity contribution >= 4 is 15.9 Å². The maximum atomic E-state index is 12.9. The van der Waals surface area contributed by atoms with Gasteiger partial charge in [0.1, 0.15) is 18.2 Å². The Morgan fingerprint density at radius 1 is 1.28 bits per heavy atom. The van der Waals surface area contributed by atoms with Gasteiger partial charge in [0, 0.05) is 12.7 Å². The fourth-order valence-electron chi connectivity index (χ4n) is 1.41. The van der Waals surface area contributed by atoms with Crippen LogP contribution in [0, 0.1) is 5.82 Å². The standard InChI is InChI=1S/C13H12BrFN2O/c14-12-5-10(15)2-4-13(12)18-8-11-3-1-9(6-16)7-17-11/h1-5,7H,6,8,16H2. The molecular formula is C13H12BrFN2O. The summed E-state index contributed by atoms with van der Waals surface area (Å²) in [6, 6.07) is 8.06. The lowest BCUT2D eigenvalue weighted by molar-refractivity contribution is 0.299. The third-order valence-electron chi connectivity index (χ3n) is 2.39. The monoisotopic (exact) mass is 310 g/mol. The molecule has 0 atom stereocenters. The van der Waals surface area contributed by atoms with Gasteiger partial charge < -0.3 is 10.5 Å². The molecule has 2 N–H and O–H groups in total. The van der Waals surface area contributed by atoms with E-state index in [0.717, 1.165) is 11.3 Å². The average molecular weight is 311 g/mol. The predicted octanol–water partition coefficient (Wildman–Crippen LogP) is 3.02. The molecule has 0 spiro atoms. The lowest BCUT2D eigenvalue weighted by atomic mass is 10.2. The fraction of sp³-hybridized carbons (Fsp3) is 0.154. The van der Waals surface area contributed by atoms with Crippen LogP contribution in [0.3, 0.4) is 0 Å². The quantitative estimate of drug-likeness (QED) is 0.944. The van der Waals surface area contributed by atoms with E-state index in [1.54, 1.807) is 12.3 Å². The molecule has 0 fully saturated rings. The van der Waals surface area contributed by atoms with E-state index in [2.05, 4.69) is 20.9 Å². The minimum absolute atomic E-state index is 0.306. The molecule has 2 rings (SSSR count). The summed E-state index contributed by atoms with van der Waals surface area (Å²) >= 11 is 3.24. The minimum Gasteiger partial charge on any atom is -0.486 e. The molecule has 0 aliphatic heterocycles. The highest BCUT2D eigenvalue weighted by Gasteiger charge is 2.03. The smallest absolute Gasteiger partial charge is 0.134 e. The van der Waals surface area contributed by atoms with Gasteiger partial charge in [-0.05, 0) is 45.8 Å². The summed E-state index contributed by atoms with van der Waals surface area (Å²) in [7, 11) is 0. The lowest BCUT2D eigenvalue weighted by Gasteiger charge is -2.08. The van der Waals surface area contributed by atoms with E-state index in [4.69, 9.17) is 10.5 Å². The summed E-state index contributed by atoms with van der Waals surface area (Å²) in [6.45, 7) is 0.798. The van der Waals surface area contributed by atoms with Gasteiger partial charge in [-0.25, -0.2) is 4.39 Å². The highest BCUT2D eigenvalue weighted by atomic mass is 79.9. The number of hydrogen-bond donors (Lipinski definition) is 1. The molecule has 0 aliphatic rings. The Kier molecular flexibility index (Phi) is 4.28. The minimum atomic E-state index is -0.306. The molecule has 0 unspecified atom stereocenters. The van der Waals surface area contributed by atoms with Gasteiger partial charge in [0.2, 0.25) is 0 Å². The number of nitrogens with two attached hydrogens (primary N) is 1. The number of nitrogens with zero attached hydrogens (tertiary/aromatic N) is 1. The van der Waals surface area contributed by atoms with Crippen molar-refractivity contribution in [2.75, 3.05) is 0 Å². The summed E-state index contributed by atoms with van der Waals surface area (Å²) in [5.74, 6) is 0.278. The molecule has 94 valence electrons. The predicted molar refractivity (Wildman–Crippen MR) is 70.6 cm³/mol. The summed E-state index contributed by atoms with van der Waals surface area (Å²) in [5, 5.41) is 0. The second-order valence-corrected chi connectivity index (χ2v) is 4.58. The number of ether oxygens (including phenoxy) is 1. The number of aromatic nitrogens is 1. The van der Waals surface area contributed by atoms with Crippen LogP contribution >= 0.6 is 15.9 Å². The van der Waals surface area contributed by atoms with Gasteiger partial charge in [0.25, 0.3) is 0 Å². The zero-order valence-electron chi connectivity index (χ0n) is 9.57. The summed E-state index contributed by atoms with van der Waals surface area (Å²) in [6.07, 6.45) is 1.72. The van der Waals surface area contributed by atoms with E-state index < -0.39 is 0 Å². The van der Waals surface area contributed by atoms with E-state index in [0.29, 0.717) is 23.4 Å². The van der Waals surface area contributed by atoms with Crippen molar-refractivity contribution in [2.24, 2.45) is 5.73 Å². The van der Waals surface area contributed by atoms with Crippen LogP contribution in [0.5, 0.6) is 5.75 Å². The van der Waals surface area contributed by atoms with Crippen molar-refractivity contribution in [3.05, 3.63) is 58.1 Å². The summed E-state index contributed by atoms with van der Waals surface area (Å²) < 4.78 is 19.0. The van der Waals surface area contributed by atoms with Crippen LogP contribution in [0.4, 0.5) is 4.39 Å². The Labute approximate surface area is 113 Å². The first kappa shape index (κ1) is 13.0. The number of rotatable bonds is 4. The molecule has 0 bridgehead atoms. The molecular weight excluding hydrogens is 299 g/mol. The molecule has 1 aromatic heterocycles. The fourth-order valence-corrected chi connectivity index (χ4v) is 1.87. The molecule has 0 radical (unpaired) electrons.